The fourth-order valence-corrected chi connectivity index (χ4v) is 2.15. The minimum atomic E-state index is -0.415. The molecule has 3 rings (SSSR count). The summed E-state index contributed by atoms with van der Waals surface area (Å²) in [5.74, 6) is 0.388. The molecule has 0 bridgehead atoms. The quantitative estimate of drug-likeness (QED) is 0.761. The number of aromatic nitrogens is 4. The summed E-state index contributed by atoms with van der Waals surface area (Å²) in [5.41, 5.74) is 1.49. The molecule has 124 valence electrons. The second-order valence-corrected chi connectivity index (χ2v) is 5.43. The Kier molecular flexibility index (Phi) is 4.48. The van der Waals surface area contributed by atoms with Gasteiger partial charge in [-0.15, -0.1) is 5.10 Å². The van der Waals surface area contributed by atoms with Gasteiger partial charge < -0.3 is 9.15 Å². The average Bonchev–Trinajstić information content (AvgIpc) is 3.12. The molecule has 1 N–H and O–H groups in total. The lowest BCUT2D eigenvalue weighted by atomic mass is 10.3. The molecule has 0 radical (unpaired) electrons. The molecule has 0 saturated carbocycles. The number of amides is 1. The van der Waals surface area contributed by atoms with Gasteiger partial charge in [-0.2, -0.15) is 5.10 Å². The molecule has 0 fully saturated rings. The SMILES string of the molecule is Cc1cc(-c2nnc(NC(=O)COc3ccc(Cl)cc3)o2)n(C)n1. The van der Waals surface area contributed by atoms with E-state index < -0.39 is 5.91 Å². The van der Waals surface area contributed by atoms with Crippen LogP contribution in [0.5, 0.6) is 5.75 Å². The van der Waals surface area contributed by atoms with E-state index in [1.807, 2.05) is 13.0 Å². The number of hydrogen-bond acceptors (Lipinski definition) is 6. The molecular weight excluding hydrogens is 334 g/mol. The minimum Gasteiger partial charge on any atom is -0.484 e. The van der Waals surface area contributed by atoms with Gasteiger partial charge in [-0.3, -0.25) is 14.8 Å². The van der Waals surface area contributed by atoms with Crippen molar-refractivity contribution in [1.82, 2.24) is 20.0 Å². The fraction of sp³-hybridized carbons (Fsp3) is 0.200. The van der Waals surface area contributed by atoms with Gasteiger partial charge in [0.25, 0.3) is 11.8 Å². The second-order valence-electron chi connectivity index (χ2n) is 5.00. The van der Waals surface area contributed by atoms with Gasteiger partial charge in [-0.05, 0) is 37.3 Å². The smallest absolute Gasteiger partial charge is 0.322 e. The molecule has 0 unspecified atom stereocenters. The third-order valence-electron chi connectivity index (χ3n) is 3.08. The Morgan fingerprint density at radius 2 is 2.08 bits per heavy atom. The van der Waals surface area contributed by atoms with Gasteiger partial charge >= 0.3 is 6.01 Å². The van der Waals surface area contributed by atoms with Crippen LogP contribution in [-0.4, -0.2) is 32.5 Å². The van der Waals surface area contributed by atoms with Crippen molar-refractivity contribution in [2.75, 3.05) is 11.9 Å². The van der Waals surface area contributed by atoms with Gasteiger partial charge in [-0.25, -0.2) is 0 Å². The summed E-state index contributed by atoms with van der Waals surface area (Å²) >= 11 is 5.78. The molecule has 1 amide bonds. The number of aryl methyl sites for hydroxylation is 2. The minimum absolute atomic E-state index is 0.00596. The zero-order valence-electron chi connectivity index (χ0n) is 13.0. The van der Waals surface area contributed by atoms with Gasteiger partial charge in [0.05, 0.1) is 5.69 Å². The standard InChI is InChI=1S/C15H14ClN5O3/c1-9-7-12(21(2)20-9)14-18-19-15(24-14)17-13(22)8-23-11-5-3-10(16)4-6-11/h3-7H,8H2,1-2H3,(H,17,19,22). The molecule has 2 heterocycles. The van der Waals surface area contributed by atoms with E-state index in [1.165, 1.54) is 0 Å². The molecule has 0 spiro atoms. The van der Waals surface area contributed by atoms with Crippen LogP contribution in [0.1, 0.15) is 5.69 Å². The van der Waals surface area contributed by atoms with Gasteiger partial charge in [0.1, 0.15) is 11.4 Å². The van der Waals surface area contributed by atoms with Crippen LogP contribution in [0.4, 0.5) is 6.01 Å². The molecule has 0 aliphatic carbocycles. The zero-order valence-corrected chi connectivity index (χ0v) is 13.7. The summed E-state index contributed by atoms with van der Waals surface area (Å²) in [7, 11) is 1.77. The topological polar surface area (TPSA) is 95.1 Å². The molecule has 0 atom stereocenters. The highest BCUT2D eigenvalue weighted by Crippen LogP contribution is 2.20. The van der Waals surface area contributed by atoms with Crippen LogP contribution in [0.15, 0.2) is 34.7 Å². The second kappa shape index (κ2) is 6.71. The first-order valence-electron chi connectivity index (χ1n) is 7.04. The first-order valence-corrected chi connectivity index (χ1v) is 7.42. The zero-order chi connectivity index (χ0) is 17.1. The Balaban J connectivity index is 1.59. The molecule has 8 nitrogen and oxygen atoms in total. The van der Waals surface area contributed by atoms with Crippen molar-refractivity contribution >= 4 is 23.5 Å². The number of anilines is 1. The molecule has 0 saturated heterocycles. The summed E-state index contributed by atoms with van der Waals surface area (Å²) in [6.07, 6.45) is 0. The van der Waals surface area contributed by atoms with Crippen LogP contribution in [0.3, 0.4) is 0 Å². The number of carbonyl (C=O) groups excluding carboxylic acids is 1. The Morgan fingerprint density at radius 3 is 2.75 bits per heavy atom. The van der Waals surface area contributed by atoms with Gasteiger partial charge in [0.15, 0.2) is 6.61 Å². The highest BCUT2D eigenvalue weighted by atomic mass is 35.5. The Labute approximate surface area is 142 Å². The van der Waals surface area contributed by atoms with E-state index in [0.717, 1.165) is 5.69 Å². The third kappa shape index (κ3) is 3.72. The van der Waals surface area contributed by atoms with Crippen molar-refractivity contribution in [3.05, 3.63) is 41.0 Å². The van der Waals surface area contributed by atoms with Crippen LogP contribution in [0.25, 0.3) is 11.6 Å². The maximum absolute atomic E-state index is 11.9. The monoisotopic (exact) mass is 347 g/mol. The molecular formula is C15H14ClN5O3. The summed E-state index contributed by atoms with van der Waals surface area (Å²) in [5, 5.41) is 15.0. The maximum Gasteiger partial charge on any atom is 0.322 e. The van der Waals surface area contributed by atoms with Gasteiger partial charge in [-0.1, -0.05) is 16.7 Å². The van der Waals surface area contributed by atoms with Crippen molar-refractivity contribution in [2.24, 2.45) is 7.05 Å². The Hall–Kier alpha value is -2.87. The number of halogens is 1. The Bertz CT molecular complexity index is 856. The number of ether oxygens (including phenoxy) is 1. The molecule has 0 aliphatic heterocycles. The number of rotatable bonds is 5. The summed E-state index contributed by atoms with van der Waals surface area (Å²) in [4.78, 5) is 11.9. The number of benzene rings is 1. The van der Waals surface area contributed by atoms with E-state index in [1.54, 1.807) is 36.0 Å². The summed E-state index contributed by atoms with van der Waals surface area (Å²) in [6, 6.07) is 8.50. The van der Waals surface area contributed by atoms with Crippen molar-refractivity contribution in [3.8, 4) is 17.3 Å². The van der Waals surface area contributed by atoms with Crippen LogP contribution in [-0.2, 0) is 11.8 Å². The first kappa shape index (κ1) is 16.0. The predicted molar refractivity (Wildman–Crippen MR) is 86.8 cm³/mol. The van der Waals surface area contributed by atoms with Crippen LogP contribution in [0.2, 0.25) is 5.02 Å². The van der Waals surface area contributed by atoms with Crippen LogP contribution >= 0.6 is 11.6 Å². The molecule has 3 aromatic rings. The molecule has 9 heteroatoms. The van der Waals surface area contributed by atoms with E-state index >= 15 is 0 Å². The maximum atomic E-state index is 11.9. The van der Waals surface area contributed by atoms with Crippen molar-refractivity contribution < 1.29 is 13.9 Å². The normalized spacial score (nSPS) is 10.6. The fourth-order valence-electron chi connectivity index (χ4n) is 2.02. The Morgan fingerprint density at radius 1 is 1.33 bits per heavy atom. The van der Waals surface area contributed by atoms with E-state index in [-0.39, 0.29) is 18.5 Å². The number of carbonyl (C=O) groups is 1. The highest BCUT2D eigenvalue weighted by Gasteiger charge is 2.15. The van der Waals surface area contributed by atoms with E-state index in [9.17, 15) is 4.79 Å². The number of nitrogens with zero attached hydrogens (tertiary/aromatic N) is 4. The van der Waals surface area contributed by atoms with Gasteiger partial charge in [0, 0.05) is 12.1 Å². The van der Waals surface area contributed by atoms with Crippen molar-refractivity contribution in [3.63, 3.8) is 0 Å². The van der Waals surface area contributed by atoms with E-state index in [2.05, 4.69) is 20.6 Å². The molecule has 1 aromatic carbocycles. The van der Waals surface area contributed by atoms with Crippen LogP contribution < -0.4 is 10.1 Å². The largest absolute Gasteiger partial charge is 0.484 e. The number of hydrogen-bond donors (Lipinski definition) is 1. The molecule has 0 aliphatic rings. The van der Waals surface area contributed by atoms with E-state index in [4.69, 9.17) is 20.8 Å². The molecule has 2 aromatic heterocycles. The van der Waals surface area contributed by atoms with Crippen LogP contribution in [0, 0.1) is 6.92 Å². The first-order chi connectivity index (χ1) is 11.5. The number of nitrogens with one attached hydrogen (secondary N) is 1. The third-order valence-corrected chi connectivity index (χ3v) is 3.33. The van der Waals surface area contributed by atoms with Crippen molar-refractivity contribution in [1.29, 1.82) is 0 Å². The average molecular weight is 348 g/mol. The summed E-state index contributed by atoms with van der Waals surface area (Å²) in [6.45, 7) is 1.67. The lowest BCUT2D eigenvalue weighted by Gasteiger charge is -2.05. The lowest BCUT2D eigenvalue weighted by Crippen LogP contribution is -2.20. The lowest BCUT2D eigenvalue weighted by molar-refractivity contribution is -0.118. The molecule has 24 heavy (non-hydrogen) atoms. The van der Waals surface area contributed by atoms with Crippen molar-refractivity contribution in [2.45, 2.75) is 6.92 Å². The summed E-state index contributed by atoms with van der Waals surface area (Å²) < 4.78 is 12.4. The van der Waals surface area contributed by atoms with Gasteiger partial charge in [0.2, 0.25) is 0 Å². The highest BCUT2D eigenvalue weighted by molar-refractivity contribution is 6.30. The van der Waals surface area contributed by atoms with E-state index in [0.29, 0.717) is 16.5 Å². The predicted octanol–water partition coefficient (Wildman–Crippen LogP) is 2.45.